The molecule has 16 heavy (non-hydrogen) atoms. The van der Waals surface area contributed by atoms with Crippen LogP contribution in [0, 0.1) is 11.3 Å². The van der Waals surface area contributed by atoms with Crippen molar-refractivity contribution in [1.82, 2.24) is 5.32 Å². The maximum absolute atomic E-state index is 11.0. The van der Waals surface area contributed by atoms with Crippen molar-refractivity contribution in [3.63, 3.8) is 0 Å². The first-order valence-corrected chi connectivity index (χ1v) is 6.25. The summed E-state index contributed by atoms with van der Waals surface area (Å²) in [4.78, 5) is 11.0. The molecule has 1 aromatic carbocycles. The van der Waals surface area contributed by atoms with Crippen LogP contribution in [-0.4, -0.2) is 17.2 Å². The summed E-state index contributed by atoms with van der Waals surface area (Å²) in [6.45, 7) is 0. The van der Waals surface area contributed by atoms with E-state index in [2.05, 4.69) is 5.32 Å². The number of carbonyl (C=O) groups is 1. The van der Waals surface area contributed by atoms with Crippen LogP contribution in [0.1, 0.15) is 5.56 Å². The van der Waals surface area contributed by atoms with Crippen LogP contribution in [0.5, 0.6) is 0 Å². The number of hydrogen-bond acceptors (Lipinski definition) is 3. The molecule has 1 N–H and O–H groups in total. The highest BCUT2D eigenvalue weighted by Crippen LogP contribution is 2.15. The van der Waals surface area contributed by atoms with E-state index in [1.54, 1.807) is 0 Å². The van der Waals surface area contributed by atoms with Gasteiger partial charge < -0.3 is 5.32 Å². The van der Waals surface area contributed by atoms with Crippen LogP contribution in [0.15, 0.2) is 30.3 Å². The number of hydrogen-bond donors (Lipinski definition) is 1. The lowest BCUT2D eigenvalue weighted by molar-refractivity contribution is -0.118. The molecule has 0 aliphatic carbocycles. The largest absolute Gasteiger partial charge is 0.331 e. The molecule has 1 atom stereocenters. The number of carbonyl (C=O) groups excluding carboxylic acids is 1. The van der Waals surface area contributed by atoms with Gasteiger partial charge in [0.2, 0.25) is 5.91 Å². The zero-order valence-electron chi connectivity index (χ0n) is 8.52. The molecule has 0 fully saturated rings. The van der Waals surface area contributed by atoms with E-state index < -0.39 is 5.37 Å². The van der Waals surface area contributed by atoms with E-state index >= 15 is 0 Å². The molecule has 0 spiro atoms. The molecular weight excluding hydrogens is 244 g/mol. The van der Waals surface area contributed by atoms with E-state index in [1.165, 1.54) is 11.8 Å². The van der Waals surface area contributed by atoms with Gasteiger partial charge in [-0.2, -0.15) is 5.26 Å². The highest BCUT2D eigenvalue weighted by Gasteiger charge is 2.10. The van der Waals surface area contributed by atoms with Crippen molar-refractivity contribution in [2.45, 2.75) is 11.1 Å². The Morgan fingerprint density at radius 2 is 2.19 bits per heavy atom. The molecule has 0 aliphatic rings. The molecule has 5 heteroatoms. The number of alkyl halides is 1. The van der Waals surface area contributed by atoms with Crippen molar-refractivity contribution in [3.05, 3.63) is 35.9 Å². The Bertz CT molecular complexity index is 377. The Kier molecular flexibility index (Phi) is 5.76. The molecule has 0 saturated heterocycles. The minimum absolute atomic E-state index is 0.121. The second-order valence-corrected chi connectivity index (χ2v) is 4.37. The highest BCUT2D eigenvalue weighted by molar-refractivity contribution is 7.99. The molecule has 0 radical (unpaired) electrons. The number of benzene rings is 1. The third kappa shape index (κ3) is 4.56. The fourth-order valence-electron chi connectivity index (χ4n) is 1.05. The monoisotopic (exact) mass is 254 g/mol. The smallest absolute Gasteiger partial charge is 0.236 e. The minimum atomic E-state index is -0.550. The molecule has 0 aliphatic heterocycles. The summed E-state index contributed by atoms with van der Waals surface area (Å²) in [5, 5.41) is 10.8. The van der Waals surface area contributed by atoms with Crippen LogP contribution in [0.3, 0.4) is 0 Å². The first kappa shape index (κ1) is 12.9. The predicted octanol–water partition coefficient (Wildman–Crippen LogP) is 2.12. The van der Waals surface area contributed by atoms with Crippen molar-refractivity contribution < 1.29 is 4.79 Å². The number of thioether (sulfide) groups is 1. The summed E-state index contributed by atoms with van der Waals surface area (Å²) in [7, 11) is 0. The van der Waals surface area contributed by atoms with Crippen molar-refractivity contribution >= 4 is 29.3 Å². The number of nitrogens with zero attached hydrogens (tertiary/aromatic N) is 1. The quantitative estimate of drug-likeness (QED) is 0.647. The molecule has 0 heterocycles. The summed E-state index contributed by atoms with van der Waals surface area (Å²) in [6.07, 6.45) is 0. The molecule has 0 aromatic heterocycles. The Morgan fingerprint density at radius 3 is 2.75 bits per heavy atom. The molecular formula is C11H11ClN2OS. The standard InChI is InChI=1S/C11H11ClN2OS/c12-6-10(15)14-11(7-13)16-8-9-4-2-1-3-5-9/h1-5,11H,6,8H2,(H,14,15). The zero-order chi connectivity index (χ0) is 11.8. The normalized spacial score (nSPS) is 11.5. The lowest BCUT2D eigenvalue weighted by Gasteiger charge is -2.09. The summed E-state index contributed by atoms with van der Waals surface area (Å²) in [5.41, 5.74) is 1.12. The molecule has 3 nitrogen and oxygen atoms in total. The van der Waals surface area contributed by atoms with Crippen molar-refractivity contribution in [2.24, 2.45) is 0 Å². The van der Waals surface area contributed by atoms with Gasteiger partial charge in [-0.25, -0.2) is 0 Å². The summed E-state index contributed by atoms with van der Waals surface area (Å²) < 4.78 is 0. The third-order valence-electron chi connectivity index (χ3n) is 1.79. The zero-order valence-corrected chi connectivity index (χ0v) is 10.1. The maximum Gasteiger partial charge on any atom is 0.236 e. The van der Waals surface area contributed by atoms with E-state index in [0.29, 0.717) is 5.75 Å². The van der Waals surface area contributed by atoms with Crippen LogP contribution in [0.25, 0.3) is 0 Å². The van der Waals surface area contributed by atoms with Gasteiger partial charge in [0, 0.05) is 5.75 Å². The van der Waals surface area contributed by atoms with Gasteiger partial charge in [-0.05, 0) is 5.56 Å². The molecule has 0 bridgehead atoms. The number of rotatable bonds is 5. The lowest BCUT2D eigenvalue weighted by Crippen LogP contribution is -2.32. The molecule has 1 amide bonds. The summed E-state index contributed by atoms with van der Waals surface area (Å²) >= 11 is 6.71. The molecule has 1 rings (SSSR count). The van der Waals surface area contributed by atoms with Gasteiger partial charge in [0.15, 0.2) is 5.37 Å². The van der Waals surface area contributed by atoms with Crippen molar-refractivity contribution in [3.8, 4) is 6.07 Å². The van der Waals surface area contributed by atoms with Gasteiger partial charge in [-0.3, -0.25) is 4.79 Å². The van der Waals surface area contributed by atoms with Crippen LogP contribution in [0.4, 0.5) is 0 Å². The third-order valence-corrected chi connectivity index (χ3v) is 3.09. The number of halogens is 1. The van der Waals surface area contributed by atoms with E-state index in [1.807, 2.05) is 36.4 Å². The van der Waals surface area contributed by atoms with Gasteiger partial charge in [-0.1, -0.05) is 30.3 Å². The second-order valence-electron chi connectivity index (χ2n) is 3.01. The van der Waals surface area contributed by atoms with Crippen molar-refractivity contribution in [1.29, 1.82) is 5.26 Å². The Balaban J connectivity index is 2.41. The van der Waals surface area contributed by atoms with Gasteiger partial charge >= 0.3 is 0 Å². The number of amides is 1. The average molecular weight is 255 g/mol. The van der Waals surface area contributed by atoms with Crippen LogP contribution < -0.4 is 5.32 Å². The fraction of sp³-hybridized carbons (Fsp3) is 0.273. The van der Waals surface area contributed by atoms with E-state index in [9.17, 15) is 4.79 Å². The van der Waals surface area contributed by atoms with E-state index in [4.69, 9.17) is 16.9 Å². The van der Waals surface area contributed by atoms with Gasteiger partial charge in [-0.15, -0.1) is 23.4 Å². The van der Waals surface area contributed by atoms with Crippen LogP contribution >= 0.6 is 23.4 Å². The van der Waals surface area contributed by atoms with Crippen LogP contribution in [0.2, 0.25) is 0 Å². The second kappa shape index (κ2) is 7.15. The first-order valence-electron chi connectivity index (χ1n) is 4.66. The fourth-order valence-corrected chi connectivity index (χ4v) is 1.97. The average Bonchev–Trinajstić information content (AvgIpc) is 2.35. The Labute approximate surface area is 104 Å². The topological polar surface area (TPSA) is 52.9 Å². The number of nitriles is 1. The van der Waals surface area contributed by atoms with Crippen molar-refractivity contribution in [2.75, 3.05) is 5.88 Å². The first-order chi connectivity index (χ1) is 7.76. The van der Waals surface area contributed by atoms with Crippen LogP contribution in [-0.2, 0) is 10.5 Å². The molecule has 84 valence electrons. The Morgan fingerprint density at radius 1 is 1.50 bits per heavy atom. The van der Waals surface area contributed by atoms with Gasteiger partial charge in [0.05, 0.1) is 6.07 Å². The minimum Gasteiger partial charge on any atom is -0.331 e. The van der Waals surface area contributed by atoms with E-state index in [0.717, 1.165) is 5.56 Å². The Hall–Kier alpha value is -1.18. The lowest BCUT2D eigenvalue weighted by atomic mass is 10.2. The molecule has 1 unspecified atom stereocenters. The molecule has 1 aromatic rings. The predicted molar refractivity (Wildman–Crippen MR) is 66.0 cm³/mol. The summed E-state index contributed by atoms with van der Waals surface area (Å²) in [5.74, 6) is 0.236. The van der Waals surface area contributed by atoms with Gasteiger partial charge in [0.25, 0.3) is 0 Å². The van der Waals surface area contributed by atoms with E-state index in [-0.39, 0.29) is 11.8 Å². The molecule has 0 saturated carbocycles. The summed E-state index contributed by atoms with van der Waals surface area (Å²) in [6, 6.07) is 11.8. The SMILES string of the molecule is N#CC(NC(=O)CCl)SCc1ccccc1. The highest BCUT2D eigenvalue weighted by atomic mass is 35.5. The number of nitrogens with one attached hydrogen (secondary N) is 1. The van der Waals surface area contributed by atoms with Gasteiger partial charge in [0.1, 0.15) is 5.88 Å². The maximum atomic E-state index is 11.0.